The van der Waals surface area contributed by atoms with Crippen molar-refractivity contribution in [2.45, 2.75) is 0 Å². The zero-order valence-electron chi connectivity index (χ0n) is 10.9. The van der Waals surface area contributed by atoms with Crippen LogP contribution in [0.15, 0.2) is 28.7 Å². The summed E-state index contributed by atoms with van der Waals surface area (Å²) in [6.45, 7) is 4.24. The van der Waals surface area contributed by atoms with E-state index in [-0.39, 0.29) is 0 Å². The van der Waals surface area contributed by atoms with Crippen molar-refractivity contribution < 1.29 is 0 Å². The maximum Gasteiger partial charge on any atom is 0.0351 e. The molecule has 17 heavy (non-hydrogen) atoms. The molecule has 0 aromatic heterocycles. The van der Waals surface area contributed by atoms with Gasteiger partial charge in [0.25, 0.3) is 0 Å². The van der Waals surface area contributed by atoms with E-state index in [9.17, 15) is 0 Å². The summed E-state index contributed by atoms with van der Waals surface area (Å²) in [4.78, 5) is 4.54. The molecule has 1 rings (SSSR count). The van der Waals surface area contributed by atoms with E-state index >= 15 is 0 Å². The Kier molecular flexibility index (Phi) is 6.55. The van der Waals surface area contributed by atoms with E-state index < -0.39 is 0 Å². The lowest BCUT2D eigenvalue weighted by atomic mass is 10.3. The highest BCUT2D eigenvalue weighted by Gasteiger charge is 1.99. The van der Waals surface area contributed by atoms with Crippen LogP contribution in [0.4, 0.5) is 5.69 Å². The summed E-state index contributed by atoms with van der Waals surface area (Å²) in [5, 5.41) is 3.42. The quantitative estimate of drug-likeness (QED) is 0.834. The molecular weight excluding hydrogens is 278 g/mol. The number of nitrogens with one attached hydrogen (secondary N) is 1. The van der Waals surface area contributed by atoms with Gasteiger partial charge in [-0.15, -0.1) is 0 Å². The van der Waals surface area contributed by atoms with Crippen molar-refractivity contribution in [2.75, 3.05) is 52.6 Å². The van der Waals surface area contributed by atoms with Crippen molar-refractivity contribution in [3.05, 3.63) is 28.7 Å². The van der Waals surface area contributed by atoms with Gasteiger partial charge >= 0.3 is 0 Å². The Morgan fingerprint density at radius 3 is 2.53 bits per heavy atom. The van der Waals surface area contributed by atoms with Crippen LogP contribution in [-0.4, -0.2) is 57.1 Å². The van der Waals surface area contributed by atoms with Crippen LogP contribution >= 0.6 is 15.9 Å². The Balaban J connectivity index is 2.19. The summed E-state index contributed by atoms with van der Waals surface area (Å²) in [5.74, 6) is 0. The third-order valence-electron chi connectivity index (χ3n) is 2.58. The first kappa shape index (κ1) is 14.5. The van der Waals surface area contributed by atoms with Crippen LogP contribution in [0.3, 0.4) is 0 Å². The number of halogens is 1. The number of nitrogens with zero attached hydrogens (tertiary/aromatic N) is 2. The van der Waals surface area contributed by atoms with Crippen LogP contribution in [0.25, 0.3) is 0 Å². The normalized spacial score (nSPS) is 11.2. The van der Waals surface area contributed by atoms with Crippen LogP contribution < -0.4 is 5.32 Å². The topological polar surface area (TPSA) is 18.5 Å². The average Bonchev–Trinajstić information content (AvgIpc) is 2.26. The van der Waals surface area contributed by atoms with Gasteiger partial charge in [0.1, 0.15) is 0 Å². The second-order valence-corrected chi connectivity index (χ2v) is 5.46. The molecule has 0 spiro atoms. The molecule has 0 unspecified atom stereocenters. The molecule has 0 aliphatic heterocycles. The molecule has 0 atom stereocenters. The Labute approximate surface area is 113 Å². The molecule has 4 heteroatoms. The molecule has 1 aromatic carbocycles. The highest BCUT2D eigenvalue weighted by molar-refractivity contribution is 9.10. The molecule has 0 amide bonds. The number of hydrogen-bond donors (Lipinski definition) is 1. The average molecular weight is 300 g/mol. The van der Waals surface area contributed by atoms with Crippen molar-refractivity contribution in [1.82, 2.24) is 9.80 Å². The predicted molar refractivity (Wildman–Crippen MR) is 78.7 cm³/mol. The molecular formula is C13H22BrN3. The minimum atomic E-state index is 0.973. The van der Waals surface area contributed by atoms with E-state index in [0.717, 1.165) is 30.7 Å². The summed E-state index contributed by atoms with van der Waals surface area (Å²) in [5.41, 5.74) is 1.17. The summed E-state index contributed by atoms with van der Waals surface area (Å²) < 4.78 is 1.11. The van der Waals surface area contributed by atoms with Gasteiger partial charge in [0.2, 0.25) is 0 Å². The lowest BCUT2D eigenvalue weighted by Crippen LogP contribution is -2.32. The summed E-state index contributed by atoms with van der Waals surface area (Å²) in [7, 11) is 6.37. The van der Waals surface area contributed by atoms with Gasteiger partial charge in [-0.05, 0) is 39.3 Å². The fourth-order valence-corrected chi connectivity index (χ4v) is 1.87. The lowest BCUT2D eigenvalue weighted by molar-refractivity contribution is 0.289. The minimum absolute atomic E-state index is 0.973. The van der Waals surface area contributed by atoms with Gasteiger partial charge in [-0.1, -0.05) is 22.0 Å². The van der Waals surface area contributed by atoms with E-state index in [4.69, 9.17) is 0 Å². The number of rotatable bonds is 7. The Bertz CT molecular complexity index is 328. The largest absolute Gasteiger partial charge is 0.384 e. The Morgan fingerprint density at radius 2 is 1.88 bits per heavy atom. The molecule has 0 fully saturated rings. The Hall–Kier alpha value is -0.580. The van der Waals surface area contributed by atoms with Gasteiger partial charge in [-0.3, -0.25) is 0 Å². The first-order valence-electron chi connectivity index (χ1n) is 5.90. The van der Waals surface area contributed by atoms with Crippen LogP contribution in [0, 0.1) is 0 Å². The summed E-state index contributed by atoms with van der Waals surface area (Å²) in [6, 6.07) is 8.26. The maximum atomic E-state index is 3.47. The first-order valence-corrected chi connectivity index (χ1v) is 6.70. The first-order chi connectivity index (χ1) is 8.08. The highest BCUT2D eigenvalue weighted by Crippen LogP contribution is 2.15. The van der Waals surface area contributed by atoms with Crippen molar-refractivity contribution in [3.8, 4) is 0 Å². The van der Waals surface area contributed by atoms with Gasteiger partial charge in [-0.25, -0.2) is 0 Å². The summed E-state index contributed by atoms with van der Waals surface area (Å²) >= 11 is 3.47. The molecule has 0 radical (unpaired) electrons. The van der Waals surface area contributed by atoms with Crippen molar-refractivity contribution in [2.24, 2.45) is 0 Å². The SMILES string of the molecule is CN(C)CCN(C)CCNc1cccc(Br)c1. The third-order valence-corrected chi connectivity index (χ3v) is 3.07. The number of hydrogen-bond acceptors (Lipinski definition) is 3. The molecule has 0 aliphatic rings. The number of likely N-dealkylation sites (N-methyl/N-ethyl adjacent to an activating group) is 2. The molecule has 96 valence electrons. The number of anilines is 1. The van der Waals surface area contributed by atoms with Gasteiger partial charge in [0.15, 0.2) is 0 Å². The third kappa shape index (κ3) is 6.66. The number of benzene rings is 1. The van der Waals surface area contributed by atoms with E-state index in [2.05, 4.69) is 64.3 Å². The van der Waals surface area contributed by atoms with Crippen LogP contribution in [0.5, 0.6) is 0 Å². The second kappa shape index (κ2) is 7.69. The van der Waals surface area contributed by atoms with Gasteiger partial charge in [0.05, 0.1) is 0 Å². The minimum Gasteiger partial charge on any atom is -0.384 e. The van der Waals surface area contributed by atoms with Gasteiger partial charge in [-0.2, -0.15) is 0 Å². The molecule has 0 saturated heterocycles. The van der Waals surface area contributed by atoms with E-state index in [1.165, 1.54) is 5.69 Å². The fourth-order valence-electron chi connectivity index (χ4n) is 1.47. The van der Waals surface area contributed by atoms with Gasteiger partial charge < -0.3 is 15.1 Å². The second-order valence-electron chi connectivity index (χ2n) is 4.54. The molecule has 1 aromatic rings. The van der Waals surface area contributed by atoms with E-state index in [0.29, 0.717) is 0 Å². The van der Waals surface area contributed by atoms with Gasteiger partial charge in [0, 0.05) is 36.3 Å². The zero-order chi connectivity index (χ0) is 12.7. The molecule has 0 aliphatic carbocycles. The molecule has 0 saturated carbocycles. The standard InChI is InChI=1S/C13H22BrN3/c1-16(2)9-10-17(3)8-7-15-13-6-4-5-12(14)11-13/h4-6,11,15H,7-10H2,1-3H3. The molecule has 3 nitrogen and oxygen atoms in total. The van der Waals surface area contributed by atoms with Crippen LogP contribution in [-0.2, 0) is 0 Å². The van der Waals surface area contributed by atoms with Crippen molar-refractivity contribution >= 4 is 21.6 Å². The molecule has 1 N–H and O–H groups in total. The van der Waals surface area contributed by atoms with Crippen molar-refractivity contribution in [1.29, 1.82) is 0 Å². The zero-order valence-corrected chi connectivity index (χ0v) is 12.5. The monoisotopic (exact) mass is 299 g/mol. The van der Waals surface area contributed by atoms with Crippen molar-refractivity contribution in [3.63, 3.8) is 0 Å². The lowest BCUT2D eigenvalue weighted by Gasteiger charge is -2.19. The molecule has 0 heterocycles. The fraction of sp³-hybridized carbons (Fsp3) is 0.538. The highest BCUT2D eigenvalue weighted by atomic mass is 79.9. The van der Waals surface area contributed by atoms with E-state index in [1.54, 1.807) is 0 Å². The summed E-state index contributed by atoms with van der Waals surface area (Å²) in [6.07, 6.45) is 0. The van der Waals surface area contributed by atoms with E-state index in [1.807, 2.05) is 12.1 Å². The molecule has 0 bridgehead atoms. The van der Waals surface area contributed by atoms with Crippen LogP contribution in [0.1, 0.15) is 0 Å². The van der Waals surface area contributed by atoms with Crippen LogP contribution in [0.2, 0.25) is 0 Å². The maximum absolute atomic E-state index is 3.47. The Morgan fingerprint density at radius 1 is 1.12 bits per heavy atom. The predicted octanol–water partition coefficient (Wildman–Crippen LogP) is 2.35. The smallest absolute Gasteiger partial charge is 0.0351 e.